The molecule has 1 aromatic rings. The summed E-state index contributed by atoms with van der Waals surface area (Å²) in [4.78, 5) is 2.52. The summed E-state index contributed by atoms with van der Waals surface area (Å²) in [6.45, 7) is 12.8. The lowest BCUT2D eigenvalue weighted by molar-refractivity contribution is 0.0374. The molecule has 1 heterocycles. The van der Waals surface area contributed by atoms with E-state index >= 15 is 0 Å². The predicted molar refractivity (Wildman–Crippen MR) is 98.9 cm³/mol. The summed E-state index contributed by atoms with van der Waals surface area (Å²) in [5.74, 6) is 1.91. The van der Waals surface area contributed by atoms with Crippen molar-refractivity contribution in [2.75, 3.05) is 39.5 Å². The average molecular weight is 332 g/mol. The number of nitrogens with zero attached hydrogens (tertiary/aromatic N) is 1. The van der Waals surface area contributed by atoms with Gasteiger partial charge in [-0.1, -0.05) is 32.9 Å². The van der Waals surface area contributed by atoms with Gasteiger partial charge in [0.05, 0.1) is 19.8 Å². The predicted octanol–water partition coefficient (Wildman–Crippen LogP) is 4.04. The average Bonchev–Trinajstić information content (AvgIpc) is 3.38. The number of aryl methyl sites for hydroxylation is 1. The van der Waals surface area contributed by atoms with Crippen molar-refractivity contribution in [2.45, 2.75) is 51.9 Å². The fraction of sp³-hybridized carbons (Fsp3) is 0.714. The maximum atomic E-state index is 6.14. The summed E-state index contributed by atoms with van der Waals surface area (Å²) >= 11 is 0. The lowest BCUT2D eigenvalue weighted by atomic mass is 9.85. The van der Waals surface area contributed by atoms with Crippen molar-refractivity contribution < 1.29 is 9.47 Å². The standard InChI is InChI=1S/C21H33NO2/c1-21(2,3)19-8-9-20(24-16-17-6-7-17)18(15-19)5-4-10-22-11-13-23-14-12-22/h8-9,15,17H,4-7,10-14,16H2,1-3H3. The van der Waals surface area contributed by atoms with Crippen molar-refractivity contribution in [3.63, 3.8) is 0 Å². The monoisotopic (exact) mass is 331 g/mol. The molecule has 0 spiro atoms. The Labute approximate surface area is 147 Å². The SMILES string of the molecule is CC(C)(C)c1ccc(OCC2CC2)c(CCCN2CCOCC2)c1. The van der Waals surface area contributed by atoms with E-state index in [0.29, 0.717) is 0 Å². The topological polar surface area (TPSA) is 21.7 Å². The zero-order chi connectivity index (χ0) is 17.0. The van der Waals surface area contributed by atoms with E-state index in [1.54, 1.807) is 0 Å². The van der Waals surface area contributed by atoms with Crippen LogP contribution in [0.15, 0.2) is 18.2 Å². The number of ether oxygens (including phenoxy) is 2. The summed E-state index contributed by atoms with van der Waals surface area (Å²) in [6.07, 6.45) is 4.97. The molecule has 0 amide bonds. The van der Waals surface area contributed by atoms with E-state index in [2.05, 4.69) is 43.9 Å². The van der Waals surface area contributed by atoms with Crippen molar-refractivity contribution in [1.29, 1.82) is 0 Å². The highest BCUT2D eigenvalue weighted by atomic mass is 16.5. The third kappa shape index (κ3) is 5.22. The van der Waals surface area contributed by atoms with E-state index in [9.17, 15) is 0 Å². The first-order valence-corrected chi connectivity index (χ1v) is 9.59. The molecule has 1 aliphatic heterocycles. The Kier molecular flexibility index (Phi) is 5.83. The lowest BCUT2D eigenvalue weighted by Crippen LogP contribution is -2.36. The highest BCUT2D eigenvalue weighted by Gasteiger charge is 2.23. The van der Waals surface area contributed by atoms with Crippen LogP contribution in [0.4, 0.5) is 0 Å². The van der Waals surface area contributed by atoms with E-state index < -0.39 is 0 Å². The van der Waals surface area contributed by atoms with Crippen molar-refractivity contribution in [3.05, 3.63) is 29.3 Å². The van der Waals surface area contributed by atoms with Gasteiger partial charge in [0, 0.05) is 13.1 Å². The summed E-state index contributed by atoms with van der Waals surface area (Å²) in [5, 5.41) is 0. The van der Waals surface area contributed by atoms with Gasteiger partial charge < -0.3 is 9.47 Å². The quantitative estimate of drug-likeness (QED) is 0.753. The smallest absolute Gasteiger partial charge is 0.122 e. The molecule has 0 unspecified atom stereocenters. The van der Waals surface area contributed by atoms with Crippen LogP contribution in [-0.4, -0.2) is 44.4 Å². The Hall–Kier alpha value is -1.06. The Balaban J connectivity index is 1.62. The molecule has 3 nitrogen and oxygen atoms in total. The maximum absolute atomic E-state index is 6.14. The van der Waals surface area contributed by atoms with Crippen LogP contribution in [0.3, 0.4) is 0 Å². The molecule has 0 bridgehead atoms. The number of hydrogen-bond donors (Lipinski definition) is 0. The summed E-state index contributed by atoms with van der Waals surface area (Å²) < 4.78 is 11.6. The molecule has 1 aliphatic carbocycles. The van der Waals surface area contributed by atoms with E-state index in [0.717, 1.165) is 57.5 Å². The van der Waals surface area contributed by atoms with Crippen LogP contribution in [-0.2, 0) is 16.6 Å². The Morgan fingerprint density at radius 3 is 2.58 bits per heavy atom. The molecule has 3 rings (SSSR count). The van der Waals surface area contributed by atoms with Crippen LogP contribution in [0.1, 0.15) is 51.2 Å². The van der Waals surface area contributed by atoms with Crippen LogP contribution >= 0.6 is 0 Å². The molecule has 1 aromatic carbocycles. The summed E-state index contributed by atoms with van der Waals surface area (Å²) in [5.41, 5.74) is 2.98. The third-order valence-electron chi connectivity index (χ3n) is 5.12. The second-order valence-corrected chi connectivity index (χ2v) is 8.38. The molecule has 0 aromatic heterocycles. The van der Waals surface area contributed by atoms with Gasteiger partial charge in [-0.05, 0) is 60.8 Å². The van der Waals surface area contributed by atoms with Gasteiger partial charge in [-0.15, -0.1) is 0 Å². The fourth-order valence-corrected chi connectivity index (χ4v) is 3.19. The fourth-order valence-electron chi connectivity index (χ4n) is 3.19. The number of morpholine rings is 1. The van der Waals surface area contributed by atoms with Crippen molar-refractivity contribution in [2.24, 2.45) is 5.92 Å². The van der Waals surface area contributed by atoms with Crippen LogP contribution < -0.4 is 4.74 Å². The minimum absolute atomic E-state index is 0.188. The molecular weight excluding hydrogens is 298 g/mol. The Bertz CT molecular complexity index is 525. The molecule has 134 valence electrons. The lowest BCUT2D eigenvalue weighted by Gasteiger charge is -2.26. The first-order valence-electron chi connectivity index (χ1n) is 9.59. The first-order chi connectivity index (χ1) is 11.5. The molecule has 1 saturated heterocycles. The van der Waals surface area contributed by atoms with Gasteiger partial charge in [-0.25, -0.2) is 0 Å². The second-order valence-electron chi connectivity index (χ2n) is 8.38. The van der Waals surface area contributed by atoms with Crippen LogP contribution in [0, 0.1) is 5.92 Å². The molecule has 2 fully saturated rings. The highest BCUT2D eigenvalue weighted by Crippen LogP contribution is 2.32. The molecule has 0 atom stereocenters. The minimum Gasteiger partial charge on any atom is -0.493 e. The Morgan fingerprint density at radius 2 is 1.92 bits per heavy atom. The van der Waals surface area contributed by atoms with Gasteiger partial charge in [-0.3, -0.25) is 4.90 Å². The van der Waals surface area contributed by atoms with Crippen molar-refractivity contribution in [3.8, 4) is 5.75 Å². The van der Waals surface area contributed by atoms with Gasteiger partial charge in [0.15, 0.2) is 0 Å². The normalized spacial score (nSPS) is 19.5. The number of hydrogen-bond acceptors (Lipinski definition) is 3. The molecule has 2 aliphatic rings. The molecule has 0 N–H and O–H groups in total. The third-order valence-corrected chi connectivity index (χ3v) is 5.12. The van der Waals surface area contributed by atoms with Gasteiger partial charge in [0.2, 0.25) is 0 Å². The van der Waals surface area contributed by atoms with Gasteiger partial charge >= 0.3 is 0 Å². The molecular formula is C21H33NO2. The molecule has 3 heteroatoms. The van der Waals surface area contributed by atoms with Gasteiger partial charge in [-0.2, -0.15) is 0 Å². The Morgan fingerprint density at radius 1 is 1.17 bits per heavy atom. The molecule has 24 heavy (non-hydrogen) atoms. The van der Waals surface area contributed by atoms with E-state index in [1.165, 1.54) is 30.4 Å². The van der Waals surface area contributed by atoms with E-state index in [4.69, 9.17) is 9.47 Å². The van der Waals surface area contributed by atoms with Gasteiger partial charge in [0.25, 0.3) is 0 Å². The summed E-state index contributed by atoms with van der Waals surface area (Å²) in [6, 6.07) is 6.82. The van der Waals surface area contributed by atoms with E-state index in [1.807, 2.05) is 0 Å². The van der Waals surface area contributed by atoms with Crippen molar-refractivity contribution >= 4 is 0 Å². The molecule has 0 radical (unpaired) electrons. The number of benzene rings is 1. The number of rotatable bonds is 7. The maximum Gasteiger partial charge on any atom is 0.122 e. The van der Waals surface area contributed by atoms with Crippen LogP contribution in [0.5, 0.6) is 5.75 Å². The minimum atomic E-state index is 0.188. The second kappa shape index (κ2) is 7.88. The van der Waals surface area contributed by atoms with Crippen LogP contribution in [0.25, 0.3) is 0 Å². The largest absolute Gasteiger partial charge is 0.493 e. The highest BCUT2D eigenvalue weighted by molar-refractivity contribution is 5.40. The summed E-state index contributed by atoms with van der Waals surface area (Å²) in [7, 11) is 0. The zero-order valence-electron chi connectivity index (χ0n) is 15.6. The van der Waals surface area contributed by atoms with Gasteiger partial charge in [0.1, 0.15) is 5.75 Å². The first kappa shape index (κ1) is 17.8. The van der Waals surface area contributed by atoms with Crippen LogP contribution in [0.2, 0.25) is 0 Å². The van der Waals surface area contributed by atoms with E-state index in [-0.39, 0.29) is 5.41 Å². The molecule has 1 saturated carbocycles. The zero-order valence-corrected chi connectivity index (χ0v) is 15.6. The van der Waals surface area contributed by atoms with Crippen molar-refractivity contribution in [1.82, 2.24) is 4.90 Å².